The van der Waals surface area contributed by atoms with Gasteiger partial charge < -0.3 is 9.74 Å². The van der Waals surface area contributed by atoms with Gasteiger partial charge in [0.15, 0.2) is 23.3 Å². The highest BCUT2D eigenvalue weighted by atomic mass is 19.2. The summed E-state index contributed by atoms with van der Waals surface area (Å²) in [5.41, 5.74) is -1.22. The zero-order valence-electron chi connectivity index (χ0n) is 40.0. The Labute approximate surface area is 434 Å². The Balaban J connectivity index is 0.964. The maximum Gasteiger partial charge on any atom is 0.370 e. The van der Waals surface area contributed by atoms with E-state index >= 15 is 17.6 Å². The average Bonchev–Trinajstić information content (AvgIpc) is 1.46. The predicted molar refractivity (Wildman–Crippen MR) is 309 cm³/mol. The lowest BCUT2D eigenvalue weighted by molar-refractivity contribution is -0.172. The summed E-state index contributed by atoms with van der Waals surface area (Å²) in [6.07, 6.45) is -0.562. The molecule has 2 aliphatic heterocycles. The van der Waals surface area contributed by atoms with Crippen molar-refractivity contribution in [1.29, 1.82) is 0 Å². The summed E-state index contributed by atoms with van der Waals surface area (Å²) in [4.78, 5) is 46.1. The number of benzene rings is 19. The lowest BCUT2D eigenvalue weighted by Gasteiger charge is -2.29. The van der Waals surface area contributed by atoms with Crippen LogP contribution in [0.15, 0.2) is 0 Å². The predicted octanol–water partition coefficient (Wildman–Crippen LogP) is 17.5. The molecule has 0 atom stereocenters. The molecule has 10 heteroatoms. The molecule has 0 unspecified atom stereocenters. The highest BCUT2D eigenvalue weighted by molar-refractivity contribution is 6.82. The maximum absolute atomic E-state index is 18.7. The Morgan fingerprint density at radius 2 is 0.457 bits per heavy atom. The summed E-state index contributed by atoms with van der Waals surface area (Å²) in [5, 5.41) is 71.5. The van der Waals surface area contributed by atoms with Crippen molar-refractivity contribution in [1.82, 2.24) is 5.06 Å². The molecule has 2 spiro atoms. The normalized spacial score (nSPS) is 21.9. The lowest BCUT2D eigenvalue weighted by atomic mass is 9.68. The molecule has 6 nitrogen and oxygen atoms in total. The van der Waals surface area contributed by atoms with Crippen molar-refractivity contribution in [2.24, 2.45) is 0 Å². The number of imide groups is 1. The van der Waals surface area contributed by atoms with Crippen LogP contribution in [0.4, 0.5) is 23.2 Å². The van der Waals surface area contributed by atoms with Gasteiger partial charge in [-0.15, -0.1) is 5.06 Å². The minimum Gasteiger partial charge on any atom is -0.333 e. The van der Waals surface area contributed by atoms with Gasteiger partial charge in [-0.25, -0.2) is 22.4 Å². The molecule has 4 aliphatic carbocycles. The third-order valence-corrected chi connectivity index (χ3v) is 26.7. The molecule has 0 radical (unpaired) electrons. The van der Waals surface area contributed by atoms with Gasteiger partial charge in [0.1, 0.15) is 22.3 Å². The Bertz CT molecular complexity index is 7500. The van der Waals surface area contributed by atoms with Crippen LogP contribution in [-0.4, -0.2) is 22.8 Å². The van der Waals surface area contributed by atoms with Gasteiger partial charge in [-0.3, -0.25) is 9.59 Å². The molecule has 6 aliphatic rings. The van der Waals surface area contributed by atoms with Gasteiger partial charge in [-0.2, -0.15) is 0 Å². The highest BCUT2D eigenvalue weighted by Gasteiger charge is 2.87. The fourth-order valence-corrected chi connectivity index (χ4v) is 26.1. The molecule has 29 aromatic rings. The van der Waals surface area contributed by atoms with Crippen molar-refractivity contribution in [3.63, 3.8) is 0 Å². The smallest absolute Gasteiger partial charge is 0.333 e. The second-order valence-electron chi connectivity index (χ2n) is 27.4. The number of hydrogen-bond acceptors (Lipinski definition) is 5. The number of halogens is 4. The molecule has 35 rings (SSSR count). The summed E-state index contributed by atoms with van der Waals surface area (Å²) in [6, 6.07) is 0. The summed E-state index contributed by atoms with van der Waals surface area (Å²) < 4.78 is 72.8. The molecular weight excluding hydrogens is 1020 g/mol. The van der Waals surface area contributed by atoms with Crippen LogP contribution in [0.1, 0.15) is 45.5 Å². The molecule has 2 saturated heterocycles. The quantitative estimate of drug-likeness (QED) is 0.0580. The van der Waals surface area contributed by atoms with Gasteiger partial charge in [0.25, 0.3) is 11.8 Å². The van der Waals surface area contributed by atoms with Crippen molar-refractivity contribution >= 4 is 314 Å². The first-order chi connectivity index (χ1) is 39.8. The third-order valence-electron chi connectivity index (χ3n) is 26.7. The molecule has 81 heavy (non-hydrogen) atoms. The second-order valence-corrected chi connectivity index (χ2v) is 27.4. The zero-order valence-corrected chi connectivity index (χ0v) is 40.0. The van der Waals surface area contributed by atoms with E-state index in [1.165, 1.54) is 248 Å². The summed E-state index contributed by atoms with van der Waals surface area (Å²) in [6.45, 7) is 0. The Morgan fingerprint density at radius 3 is 0.642 bits per heavy atom. The third kappa shape index (κ3) is 1.80. The monoisotopic (exact) mass is 1020 g/mol. The highest BCUT2D eigenvalue weighted by Crippen LogP contribution is 2.91. The molecule has 0 aromatic heterocycles. The number of amides is 2. The fourth-order valence-electron chi connectivity index (χ4n) is 26.1. The minimum atomic E-state index is -1.93. The van der Waals surface area contributed by atoms with Crippen LogP contribution in [0, 0.1) is 23.3 Å². The van der Waals surface area contributed by atoms with Crippen LogP contribution < -0.4 is 4.90 Å². The van der Waals surface area contributed by atoms with Crippen molar-refractivity contribution in [2.45, 2.75) is 23.9 Å². The molecule has 0 bridgehead atoms. The Morgan fingerprint density at radius 1 is 0.284 bits per heavy atom. The first kappa shape index (κ1) is 32.0. The zero-order chi connectivity index (χ0) is 50.0. The van der Waals surface area contributed by atoms with E-state index in [1.807, 2.05) is 4.90 Å². The van der Waals surface area contributed by atoms with E-state index < -0.39 is 63.4 Å². The molecule has 2 amide bonds. The molecule has 0 saturated carbocycles. The van der Waals surface area contributed by atoms with Gasteiger partial charge in [-0.1, -0.05) is 0 Å². The Hall–Kier alpha value is -10.2. The molecular formula is C71H4F4N2O4. The number of nitrogens with zero attached hydrogens (tertiary/aromatic N) is 2. The number of carbonyl (C=O) groups excluding carboxylic acids is 3. The van der Waals surface area contributed by atoms with E-state index in [4.69, 9.17) is 4.84 Å². The van der Waals surface area contributed by atoms with Crippen LogP contribution in [-0.2, 0) is 25.5 Å². The summed E-state index contributed by atoms with van der Waals surface area (Å²) in [5.74, 6) is -10.9. The standard InChI is InChI=1S/C71H4F4N2O4/c72-64-59(69(80)81-76-3(78)1-2-4(76)79)65(73)67(75)68(66(64)74)77-70-60-51-43-33-23-15-7-5-6-9-13-11(7)19-27-21(13)31-25-17(9)18-10(6)14-12-8(5)16(15)24-30-20(12)28-22(14)32-26(18)36-35(25)45-39(31)49-41(27)47(37(43)29(19)23)55(60)57(49)62-53(45)54-46(36)40(32)50-42(28)48-38(30)44(34(24)33)52(51)61(70)56(48)58(50)63(54)71(62,70)77/h1-2H2. The minimum absolute atomic E-state index is 0.145. The van der Waals surface area contributed by atoms with Gasteiger partial charge in [0.2, 0.25) is 0 Å². The molecule has 0 N–H and O–H groups in total. The first-order valence-electron chi connectivity index (χ1n) is 28.3. The largest absolute Gasteiger partial charge is 0.370 e. The van der Waals surface area contributed by atoms with Crippen molar-refractivity contribution in [2.75, 3.05) is 4.90 Å². The van der Waals surface area contributed by atoms with E-state index in [-0.39, 0.29) is 17.9 Å². The van der Waals surface area contributed by atoms with Gasteiger partial charge in [-0.05, 0) is 291 Å². The lowest BCUT2D eigenvalue weighted by Crippen LogP contribution is -2.33. The molecule has 29 aromatic carbocycles. The van der Waals surface area contributed by atoms with Gasteiger partial charge in [0.05, 0.1) is 0 Å². The maximum atomic E-state index is 18.7. The van der Waals surface area contributed by atoms with Crippen molar-refractivity contribution in [3.05, 3.63) is 51.1 Å². The topological polar surface area (TPSA) is 66.7 Å². The van der Waals surface area contributed by atoms with E-state index in [0.717, 1.165) is 65.3 Å². The molecule has 350 valence electrons. The average molecular weight is 1020 g/mol. The van der Waals surface area contributed by atoms with E-state index in [1.54, 1.807) is 0 Å². The summed E-state index contributed by atoms with van der Waals surface area (Å²) in [7, 11) is 0. The number of rotatable bonds is 3. The van der Waals surface area contributed by atoms with Gasteiger partial charge in [0, 0.05) is 35.1 Å². The van der Waals surface area contributed by atoms with Gasteiger partial charge >= 0.3 is 5.97 Å². The first-order valence-corrected chi connectivity index (χ1v) is 28.3. The van der Waals surface area contributed by atoms with Crippen LogP contribution in [0.3, 0.4) is 0 Å². The number of hydrogen-bond donors (Lipinski definition) is 0. The van der Waals surface area contributed by atoms with Crippen molar-refractivity contribution < 1.29 is 36.8 Å². The number of carbonyl (C=O) groups is 3. The van der Waals surface area contributed by atoms with Crippen LogP contribution >= 0.6 is 0 Å². The van der Waals surface area contributed by atoms with E-state index in [2.05, 4.69) is 0 Å². The number of anilines is 1. The van der Waals surface area contributed by atoms with Crippen LogP contribution in [0.5, 0.6) is 0 Å². The second kappa shape index (κ2) is 7.37. The Kier molecular flexibility index (Phi) is 2.91. The van der Waals surface area contributed by atoms with Crippen LogP contribution in [0.25, 0.3) is 291 Å². The van der Waals surface area contributed by atoms with E-state index in [9.17, 15) is 14.4 Å². The van der Waals surface area contributed by atoms with Crippen LogP contribution in [0.2, 0.25) is 0 Å². The SMILES string of the molecule is O=C(ON1C(=O)CCC1=O)c1c(F)c(F)c(N2C34c5c6c7c8c9c%10c(c%11c%12c3c3c5c5c%13c6c6c7c7c9c9c%14c%10c%10c%11c%11c%12c%12c3c3c5c5c%13c%13c6c6c7c9c7c9c%14c%10c%10c%11c%11c%12c3c3c5c5c%13c6c7c6c9c%10c%11c3c56)C824)c(F)c1F. The molecule has 2 heterocycles. The van der Waals surface area contributed by atoms with Crippen molar-refractivity contribution in [3.8, 4) is 0 Å². The van der Waals surface area contributed by atoms with E-state index in [0.29, 0.717) is 0 Å². The number of hydroxylamine groups is 2. The summed E-state index contributed by atoms with van der Waals surface area (Å²) >= 11 is 0. The fraction of sp³-hybridized carbons (Fsp3) is 0.0563. The molecule has 2 fully saturated rings.